The summed E-state index contributed by atoms with van der Waals surface area (Å²) in [6, 6.07) is 7.56. The fourth-order valence-electron chi connectivity index (χ4n) is 2.75. The molecular formula is C18H19NO5S2. The summed E-state index contributed by atoms with van der Waals surface area (Å²) >= 11 is 1.26. The summed E-state index contributed by atoms with van der Waals surface area (Å²) < 4.78 is 31.4. The molecule has 26 heavy (non-hydrogen) atoms. The minimum absolute atomic E-state index is 0.169. The third-order valence-corrected chi connectivity index (χ3v) is 7.17. The maximum absolute atomic E-state index is 12.5. The van der Waals surface area contributed by atoms with Crippen LogP contribution < -0.4 is 0 Å². The van der Waals surface area contributed by atoms with E-state index in [1.54, 1.807) is 12.3 Å². The molecule has 0 bridgehead atoms. The molecule has 0 radical (unpaired) electrons. The van der Waals surface area contributed by atoms with Crippen LogP contribution in [-0.2, 0) is 14.8 Å². The van der Waals surface area contributed by atoms with Gasteiger partial charge in [0.1, 0.15) is 4.88 Å². The Labute approximate surface area is 156 Å². The number of nitrogens with zero attached hydrogens (tertiary/aromatic N) is 1. The summed E-state index contributed by atoms with van der Waals surface area (Å²) in [5.74, 6) is -0.906. The van der Waals surface area contributed by atoms with E-state index in [0.717, 1.165) is 18.4 Å². The average Bonchev–Trinajstić information content (AvgIpc) is 3.31. The van der Waals surface area contributed by atoms with Crippen LogP contribution >= 0.6 is 11.3 Å². The van der Waals surface area contributed by atoms with Crippen molar-refractivity contribution in [3.63, 3.8) is 0 Å². The van der Waals surface area contributed by atoms with Gasteiger partial charge in [0.2, 0.25) is 10.0 Å². The molecule has 138 valence electrons. The molecule has 8 heteroatoms. The third-order valence-electron chi connectivity index (χ3n) is 4.26. The fourth-order valence-corrected chi connectivity index (χ4v) is 5.09. The molecule has 1 aliphatic rings. The molecule has 1 saturated heterocycles. The van der Waals surface area contributed by atoms with Crippen LogP contribution in [0.25, 0.3) is 0 Å². The van der Waals surface area contributed by atoms with Crippen LogP contribution in [0.15, 0.2) is 40.6 Å². The molecular weight excluding hydrogens is 374 g/mol. The van der Waals surface area contributed by atoms with Crippen molar-refractivity contribution >= 4 is 33.1 Å². The second kappa shape index (κ2) is 7.69. The topological polar surface area (TPSA) is 80.8 Å². The van der Waals surface area contributed by atoms with E-state index in [9.17, 15) is 18.0 Å². The van der Waals surface area contributed by atoms with Crippen LogP contribution in [0.1, 0.15) is 38.4 Å². The molecule has 1 aromatic heterocycles. The van der Waals surface area contributed by atoms with Gasteiger partial charge in [0.05, 0.1) is 4.90 Å². The van der Waals surface area contributed by atoms with Gasteiger partial charge in [0, 0.05) is 18.7 Å². The minimum Gasteiger partial charge on any atom is -0.453 e. The zero-order valence-corrected chi connectivity index (χ0v) is 15.9. The summed E-state index contributed by atoms with van der Waals surface area (Å²) in [6.07, 6.45) is 1.73. The Morgan fingerprint density at radius 3 is 2.35 bits per heavy atom. The number of benzene rings is 1. The molecule has 1 aromatic carbocycles. The highest BCUT2D eigenvalue weighted by Gasteiger charge is 2.27. The third kappa shape index (κ3) is 3.87. The smallest absolute Gasteiger partial charge is 0.349 e. The van der Waals surface area contributed by atoms with Gasteiger partial charge in [-0.3, -0.25) is 4.79 Å². The number of Topliss-reactive ketones (excluding diaryl/α,β-unsaturated/α-hetero) is 1. The van der Waals surface area contributed by atoms with Crippen molar-refractivity contribution in [3.8, 4) is 0 Å². The largest absolute Gasteiger partial charge is 0.453 e. The number of ketones is 1. The number of sulfonamides is 1. The van der Waals surface area contributed by atoms with Crippen LogP contribution in [0.3, 0.4) is 0 Å². The van der Waals surface area contributed by atoms with Gasteiger partial charge >= 0.3 is 5.97 Å². The van der Waals surface area contributed by atoms with Crippen LogP contribution in [0.5, 0.6) is 0 Å². The molecule has 2 aromatic rings. The molecule has 0 unspecified atom stereocenters. The summed E-state index contributed by atoms with van der Waals surface area (Å²) in [6.45, 7) is 2.48. The molecule has 2 heterocycles. The van der Waals surface area contributed by atoms with Crippen LogP contribution in [-0.4, -0.2) is 44.2 Å². The minimum atomic E-state index is -3.50. The van der Waals surface area contributed by atoms with Crippen molar-refractivity contribution in [1.29, 1.82) is 0 Å². The maximum atomic E-state index is 12.5. The van der Waals surface area contributed by atoms with E-state index in [-0.39, 0.29) is 17.3 Å². The van der Waals surface area contributed by atoms with Crippen LogP contribution in [0.2, 0.25) is 0 Å². The number of ether oxygens (including phenoxy) is 1. The highest BCUT2D eigenvalue weighted by Crippen LogP contribution is 2.21. The molecule has 6 nitrogen and oxygen atoms in total. The van der Waals surface area contributed by atoms with Crippen molar-refractivity contribution in [3.05, 3.63) is 51.7 Å². The SMILES string of the molecule is Cc1ccsc1C(=O)OCC(=O)c1ccc(S(=O)(=O)N2CCCC2)cc1. The first-order chi connectivity index (χ1) is 12.4. The van der Waals surface area contributed by atoms with Crippen molar-refractivity contribution in [2.24, 2.45) is 0 Å². The molecule has 1 fully saturated rings. The number of carbonyl (C=O) groups excluding carboxylic acids is 2. The first-order valence-corrected chi connectivity index (χ1v) is 10.6. The quantitative estimate of drug-likeness (QED) is 0.557. The first kappa shape index (κ1) is 18.8. The van der Waals surface area contributed by atoms with E-state index in [0.29, 0.717) is 23.5 Å². The summed E-state index contributed by atoms with van der Waals surface area (Å²) in [7, 11) is -3.50. The lowest BCUT2D eigenvalue weighted by molar-refractivity contribution is 0.0479. The van der Waals surface area contributed by atoms with E-state index in [2.05, 4.69) is 0 Å². The number of thiophene rings is 1. The first-order valence-electron chi connectivity index (χ1n) is 8.24. The Hall–Kier alpha value is -2.03. The zero-order valence-electron chi connectivity index (χ0n) is 14.3. The fraction of sp³-hybridized carbons (Fsp3) is 0.333. The van der Waals surface area contributed by atoms with Gasteiger partial charge < -0.3 is 4.74 Å². The second-order valence-electron chi connectivity index (χ2n) is 6.07. The Morgan fingerprint density at radius 1 is 1.12 bits per heavy atom. The van der Waals surface area contributed by atoms with Crippen molar-refractivity contribution in [2.75, 3.05) is 19.7 Å². The lowest BCUT2D eigenvalue weighted by Crippen LogP contribution is -2.27. The Morgan fingerprint density at radius 2 is 1.77 bits per heavy atom. The van der Waals surface area contributed by atoms with E-state index in [1.165, 1.54) is 39.9 Å². The van der Waals surface area contributed by atoms with Gasteiger partial charge in [0.15, 0.2) is 12.4 Å². The highest BCUT2D eigenvalue weighted by molar-refractivity contribution is 7.89. The van der Waals surface area contributed by atoms with Crippen molar-refractivity contribution in [2.45, 2.75) is 24.7 Å². The molecule has 0 saturated carbocycles. The molecule has 0 atom stereocenters. The van der Waals surface area contributed by atoms with Crippen LogP contribution in [0.4, 0.5) is 0 Å². The van der Waals surface area contributed by atoms with E-state index in [4.69, 9.17) is 4.74 Å². The van der Waals surface area contributed by atoms with E-state index >= 15 is 0 Å². The number of rotatable bonds is 6. The number of hydrogen-bond acceptors (Lipinski definition) is 6. The standard InChI is InChI=1S/C18H19NO5S2/c1-13-8-11-25-17(13)18(21)24-12-16(20)14-4-6-15(7-5-14)26(22,23)19-9-2-3-10-19/h4-8,11H,2-3,9-10,12H2,1H3. The van der Waals surface area contributed by atoms with Crippen molar-refractivity contribution < 1.29 is 22.7 Å². The molecule has 0 amide bonds. The van der Waals surface area contributed by atoms with E-state index < -0.39 is 16.0 Å². The average molecular weight is 393 g/mol. The predicted molar refractivity (Wildman–Crippen MR) is 98.1 cm³/mol. The lowest BCUT2D eigenvalue weighted by atomic mass is 10.1. The monoisotopic (exact) mass is 393 g/mol. The Bertz CT molecular complexity index is 909. The summed E-state index contributed by atoms with van der Waals surface area (Å²) in [4.78, 5) is 24.8. The van der Waals surface area contributed by atoms with Gasteiger partial charge in [-0.25, -0.2) is 13.2 Å². The second-order valence-corrected chi connectivity index (χ2v) is 8.92. The van der Waals surface area contributed by atoms with Gasteiger partial charge in [-0.1, -0.05) is 0 Å². The Kier molecular flexibility index (Phi) is 5.55. The zero-order chi connectivity index (χ0) is 18.7. The molecule has 0 aliphatic carbocycles. The summed E-state index contributed by atoms with van der Waals surface area (Å²) in [5.41, 5.74) is 1.12. The normalized spacial score (nSPS) is 15.1. The van der Waals surface area contributed by atoms with Crippen molar-refractivity contribution in [1.82, 2.24) is 4.31 Å². The highest BCUT2D eigenvalue weighted by atomic mass is 32.2. The van der Waals surface area contributed by atoms with Gasteiger partial charge in [0.25, 0.3) is 0 Å². The van der Waals surface area contributed by atoms with Crippen LogP contribution in [0, 0.1) is 6.92 Å². The summed E-state index contributed by atoms with van der Waals surface area (Å²) in [5, 5.41) is 1.79. The molecule has 0 spiro atoms. The maximum Gasteiger partial charge on any atom is 0.349 e. The van der Waals surface area contributed by atoms with Gasteiger partial charge in [-0.05, 0) is 61.0 Å². The molecule has 3 rings (SSSR count). The van der Waals surface area contributed by atoms with E-state index in [1.807, 2.05) is 6.07 Å². The molecule has 1 aliphatic heterocycles. The lowest BCUT2D eigenvalue weighted by Gasteiger charge is -2.15. The Balaban J connectivity index is 1.64. The number of aryl methyl sites for hydroxylation is 1. The predicted octanol–water partition coefficient (Wildman–Crippen LogP) is 2.88. The number of carbonyl (C=O) groups is 2. The molecule has 0 N–H and O–H groups in total. The number of esters is 1. The van der Waals surface area contributed by atoms with Gasteiger partial charge in [-0.2, -0.15) is 4.31 Å². The number of hydrogen-bond donors (Lipinski definition) is 0. The van der Waals surface area contributed by atoms with Gasteiger partial charge in [-0.15, -0.1) is 11.3 Å².